The van der Waals surface area contributed by atoms with Crippen LogP contribution in [0.15, 0.2) is 176 Å². The molecule has 0 radical (unpaired) electrons. The second-order valence-electron chi connectivity index (χ2n) is 14.4. The van der Waals surface area contributed by atoms with E-state index >= 15 is 0 Å². The molecule has 3 heteroatoms. The molecule has 1 aliphatic rings. The van der Waals surface area contributed by atoms with Crippen LogP contribution in [0.4, 0.5) is 0 Å². The van der Waals surface area contributed by atoms with E-state index in [1.165, 1.54) is 81.0 Å². The van der Waals surface area contributed by atoms with Crippen LogP contribution in [0.1, 0.15) is 17.5 Å². The molecule has 10 aromatic rings. The van der Waals surface area contributed by atoms with E-state index in [-0.39, 0.29) is 0 Å². The Kier molecular flexibility index (Phi) is 7.53. The Morgan fingerprint density at radius 2 is 1.09 bits per heavy atom. The summed E-state index contributed by atoms with van der Waals surface area (Å²) in [6.07, 6.45) is 8.54. The van der Waals surface area contributed by atoms with E-state index in [0.29, 0.717) is 0 Å². The van der Waals surface area contributed by atoms with Gasteiger partial charge >= 0.3 is 0 Å². The number of thiophene rings is 1. The number of hydrogen-bond acceptors (Lipinski definition) is 3. The van der Waals surface area contributed by atoms with E-state index in [1.807, 2.05) is 17.5 Å². The van der Waals surface area contributed by atoms with Crippen LogP contribution in [0.25, 0.3) is 104 Å². The maximum absolute atomic E-state index is 5.31. The van der Waals surface area contributed by atoms with Crippen LogP contribution in [0.5, 0.6) is 0 Å². The van der Waals surface area contributed by atoms with Gasteiger partial charge in [-0.2, -0.15) is 0 Å². The van der Waals surface area contributed by atoms with E-state index in [1.54, 1.807) is 0 Å². The lowest BCUT2D eigenvalue weighted by Gasteiger charge is -2.17. The van der Waals surface area contributed by atoms with Crippen molar-refractivity contribution in [3.05, 3.63) is 187 Å². The fourth-order valence-electron chi connectivity index (χ4n) is 8.46. The molecule has 1 aliphatic carbocycles. The van der Waals surface area contributed by atoms with E-state index in [2.05, 4.69) is 176 Å². The Balaban J connectivity index is 1.04. The molecule has 258 valence electrons. The molecule has 0 saturated heterocycles. The molecule has 55 heavy (non-hydrogen) atoms. The summed E-state index contributed by atoms with van der Waals surface area (Å²) in [5.41, 5.74) is 16.2. The standard InChI is InChI=1S/C52H34N2S/c1-3-13-33(14-4-1)37-25-26-49-46(29-37)47-31-40(34-15-5-2-6-16-34)30-45(52(47)55-49)38-19-11-17-35(27-38)36-18-12-20-39(28-36)48-32-53-50-43-23-9-7-21-41(43)42-22-8-10-24-44(42)51(50)54-48/h1-6,8-20,22-32H,7,21H2. The Bertz CT molecular complexity index is 3140. The molecule has 0 atom stereocenters. The van der Waals surface area contributed by atoms with Crippen molar-refractivity contribution >= 4 is 59.4 Å². The zero-order valence-electron chi connectivity index (χ0n) is 30.0. The van der Waals surface area contributed by atoms with Crippen molar-refractivity contribution < 1.29 is 0 Å². The predicted octanol–water partition coefficient (Wildman–Crippen LogP) is 14.4. The molecule has 0 amide bonds. The maximum Gasteiger partial charge on any atom is 0.0979 e. The molecule has 11 rings (SSSR count). The molecule has 0 aliphatic heterocycles. The largest absolute Gasteiger partial charge is 0.252 e. The maximum atomic E-state index is 5.31. The van der Waals surface area contributed by atoms with Gasteiger partial charge in [-0.05, 0) is 99.1 Å². The van der Waals surface area contributed by atoms with E-state index in [0.717, 1.165) is 40.7 Å². The van der Waals surface area contributed by atoms with Crippen LogP contribution in [-0.4, -0.2) is 9.97 Å². The fourth-order valence-corrected chi connectivity index (χ4v) is 9.66. The Hall–Kier alpha value is -6.68. The quantitative estimate of drug-likeness (QED) is 0.166. The molecule has 0 bridgehead atoms. The van der Waals surface area contributed by atoms with Crippen LogP contribution in [0.2, 0.25) is 0 Å². The summed E-state index contributed by atoms with van der Waals surface area (Å²) in [6.45, 7) is 0. The van der Waals surface area contributed by atoms with Crippen molar-refractivity contribution in [3.63, 3.8) is 0 Å². The first-order chi connectivity index (χ1) is 27.2. The number of benzene rings is 8. The SMILES string of the molecule is C1=Cc2c(c3ccccc3c3nc(-c4cccc(-c5cccc(-c6cc(-c7ccccc7)cc7c6sc6ccc(-c8ccccc8)cc67)c5)c4)cnc23)CC1. The minimum absolute atomic E-state index is 0.882. The van der Waals surface area contributed by atoms with Crippen molar-refractivity contribution in [1.82, 2.24) is 9.97 Å². The summed E-state index contributed by atoms with van der Waals surface area (Å²) in [4.78, 5) is 10.4. The van der Waals surface area contributed by atoms with Gasteiger partial charge in [-0.25, -0.2) is 4.98 Å². The number of nitrogens with zero attached hydrogens (tertiary/aromatic N) is 2. The summed E-state index contributed by atoms with van der Waals surface area (Å²) in [6, 6.07) is 59.5. The highest BCUT2D eigenvalue weighted by atomic mass is 32.1. The van der Waals surface area contributed by atoms with Gasteiger partial charge in [-0.1, -0.05) is 140 Å². The minimum atomic E-state index is 0.882. The number of fused-ring (bicyclic) bond motifs is 9. The van der Waals surface area contributed by atoms with Crippen LogP contribution >= 0.6 is 11.3 Å². The van der Waals surface area contributed by atoms with Crippen LogP contribution in [0.3, 0.4) is 0 Å². The third-order valence-corrected chi connectivity index (χ3v) is 12.4. The van der Waals surface area contributed by atoms with Crippen molar-refractivity contribution in [3.8, 4) is 55.8 Å². The number of rotatable bonds is 5. The molecule has 0 N–H and O–H groups in total. The summed E-state index contributed by atoms with van der Waals surface area (Å²) < 4.78 is 2.60. The zero-order chi connectivity index (χ0) is 36.3. The first-order valence-electron chi connectivity index (χ1n) is 18.9. The van der Waals surface area contributed by atoms with Gasteiger partial charge in [0, 0.05) is 42.2 Å². The van der Waals surface area contributed by atoms with E-state index in [9.17, 15) is 0 Å². The Morgan fingerprint density at radius 3 is 1.89 bits per heavy atom. The number of allylic oxidation sites excluding steroid dienone is 1. The molecule has 0 spiro atoms. The highest BCUT2D eigenvalue weighted by molar-refractivity contribution is 7.26. The summed E-state index contributed by atoms with van der Waals surface area (Å²) in [7, 11) is 0. The molecule has 0 fully saturated rings. The van der Waals surface area contributed by atoms with Crippen molar-refractivity contribution in [1.29, 1.82) is 0 Å². The molecule has 0 saturated carbocycles. The first-order valence-corrected chi connectivity index (χ1v) is 19.8. The van der Waals surface area contributed by atoms with Gasteiger partial charge in [0.2, 0.25) is 0 Å². The van der Waals surface area contributed by atoms with Crippen LogP contribution in [-0.2, 0) is 6.42 Å². The van der Waals surface area contributed by atoms with Gasteiger partial charge in [-0.3, -0.25) is 4.98 Å². The Labute approximate surface area is 323 Å². The van der Waals surface area contributed by atoms with Gasteiger partial charge in [0.25, 0.3) is 0 Å². The second kappa shape index (κ2) is 13.0. The monoisotopic (exact) mass is 718 g/mol. The van der Waals surface area contributed by atoms with Gasteiger partial charge in [0.15, 0.2) is 0 Å². The number of aromatic nitrogens is 2. The highest BCUT2D eigenvalue weighted by Crippen LogP contribution is 2.45. The van der Waals surface area contributed by atoms with Crippen molar-refractivity contribution in [2.75, 3.05) is 0 Å². The smallest absolute Gasteiger partial charge is 0.0979 e. The van der Waals surface area contributed by atoms with Gasteiger partial charge in [0.05, 0.1) is 22.9 Å². The lowest BCUT2D eigenvalue weighted by Crippen LogP contribution is -2.00. The Morgan fingerprint density at radius 1 is 0.455 bits per heavy atom. The molecule has 2 heterocycles. The fraction of sp³-hybridized carbons (Fsp3) is 0.0385. The van der Waals surface area contributed by atoms with Crippen molar-refractivity contribution in [2.24, 2.45) is 0 Å². The first kappa shape index (κ1) is 31.8. The second-order valence-corrected chi connectivity index (χ2v) is 15.5. The molecule has 2 aromatic heterocycles. The number of hydrogen-bond donors (Lipinski definition) is 0. The van der Waals surface area contributed by atoms with Gasteiger partial charge in [0.1, 0.15) is 0 Å². The third kappa shape index (κ3) is 5.47. The minimum Gasteiger partial charge on any atom is -0.252 e. The average Bonchev–Trinajstić information content (AvgIpc) is 3.65. The lowest BCUT2D eigenvalue weighted by molar-refractivity contribution is 0.998. The average molecular weight is 719 g/mol. The van der Waals surface area contributed by atoms with E-state index in [4.69, 9.17) is 9.97 Å². The third-order valence-electron chi connectivity index (χ3n) is 11.2. The molecule has 8 aromatic carbocycles. The topological polar surface area (TPSA) is 25.8 Å². The predicted molar refractivity (Wildman–Crippen MR) is 234 cm³/mol. The van der Waals surface area contributed by atoms with Crippen LogP contribution < -0.4 is 0 Å². The highest BCUT2D eigenvalue weighted by Gasteiger charge is 2.18. The summed E-state index contributed by atoms with van der Waals surface area (Å²) >= 11 is 1.88. The van der Waals surface area contributed by atoms with Crippen molar-refractivity contribution in [2.45, 2.75) is 12.8 Å². The number of aryl methyl sites for hydroxylation is 1. The summed E-state index contributed by atoms with van der Waals surface area (Å²) in [5.74, 6) is 0. The van der Waals surface area contributed by atoms with Crippen LogP contribution in [0, 0.1) is 0 Å². The normalized spacial score (nSPS) is 12.5. The van der Waals surface area contributed by atoms with Gasteiger partial charge in [-0.15, -0.1) is 11.3 Å². The molecular weight excluding hydrogens is 685 g/mol. The lowest BCUT2D eigenvalue weighted by atomic mass is 9.90. The van der Waals surface area contributed by atoms with Gasteiger partial charge < -0.3 is 0 Å². The molecule has 2 nitrogen and oxygen atoms in total. The van der Waals surface area contributed by atoms with E-state index < -0.39 is 0 Å². The molecular formula is C52H34N2S. The summed E-state index contributed by atoms with van der Waals surface area (Å²) in [5, 5.41) is 5.05. The zero-order valence-corrected chi connectivity index (χ0v) is 30.9. The molecule has 0 unspecified atom stereocenters.